The van der Waals surface area contributed by atoms with Gasteiger partial charge in [-0.25, -0.2) is 13.4 Å². The second-order valence-corrected chi connectivity index (χ2v) is 9.00. The first-order valence-corrected chi connectivity index (χ1v) is 10.4. The Kier molecular flexibility index (Phi) is 5.00. The molecule has 1 amide bonds. The van der Waals surface area contributed by atoms with E-state index in [0.29, 0.717) is 17.8 Å². The molecule has 2 heterocycles. The molecule has 6 nitrogen and oxygen atoms in total. The molecular formula is C19H23N3O3S. The van der Waals surface area contributed by atoms with E-state index < -0.39 is 9.84 Å². The topological polar surface area (TPSA) is 79.4 Å². The van der Waals surface area contributed by atoms with Crippen LogP contribution in [0.4, 0.5) is 11.5 Å². The van der Waals surface area contributed by atoms with Crippen molar-refractivity contribution in [1.29, 1.82) is 0 Å². The molecule has 1 N–H and O–H groups in total. The molecule has 0 radical (unpaired) electrons. The van der Waals surface area contributed by atoms with E-state index in [1.54, 1.807) is 12.1 Å². The molecule has 1 fully saturated rings. The van der Waals surface area contributed by atoms with E-state index in [4.69, 9.17) is 0 Å². The molecule has 1 aliphatic heterocycles. The van der Waals surface area contributed by atoms with Crippen molar-refractivity contribution in [3.63, 3.8) is 0 Å². The lowest BCUT2D eigenvalue weighted by Crippen LogP contribution is -2.33. The number of amides is 1. The van der Waals surface area contributed by atoms with Gasteiger partial charge in [-0.15, -0.1) is 0 Å². The number of carbonyl (C=O) groups is 1. The van der Waals surface area contributed by atoms with Crippen molar-refractivity contribution in [3.05, 3.63) is 53.2 Å². The lowest BCUT2D eigenvalue weighted by atomic mass is 10.1. The lowest BCUT2D eigenvalue weighted by Gasteiger charge is -2.24. The summed E-state index contributed by atoms with van der Waals surface area (Å²) in [5.41, 5.74) is 3.39. The summed E-state index contributed by atoms with van der Waals surface area (Å²) >= 11 is 0. The van der Waals surface area contributed by atoms with E-state index in [9.17, 15) is 13.2 Å². The standard InChI is InChI=1S/C19H23N3O3S/c1-13-5-4-6-17(14(13)2)21-19(23)15-7-8-18(20-11-15)22(3)16-9-10-26(24,25)12-16/h4-8,11,16H,9-10,12H2,1-3H3,(H,21,23). The average Bonchev–Trinajstić information content (AvgIpc) is 2.98. The summed E-state index contributed by atoms with van der Waals surface area (Å²) in [5.74, 6) is 0.817. The summed E-state index contributed by atoms with van der Waals surface area (Å²) in [4.78, 5) is 18.7. The maximum atomic E-state index is 12.5. The molecule has 1 atom stereocenters. The number of carbonyl (C=O) groups excluding carboxylic acids is 1. The van der Waals surface area contributed by atoms with Crippen LogP contribution < -0.4 is 10.2 Å². The van der Waals surface area contributed by atoms with E-state index in [0.717, 1.165) is 16.8 Å². The van der Waals surface area contributed by atoms with Crippen LogP contribution in [0.3, 0.4) is 0 Å². The monoisotopic (exact) mass is 373 g/mol. The number of aryl methyl sites for hydroxylation is 1. The molecule has 0 spiro atoms. The van der Waals surface area contributed by atoms with Crippen molar-refractivity contribution in [2.24, 2.45) is 0 Å². The molecule has 0 saturated carbocycles. The Morgan fingerprint density at radius 2 is 2.00 bits per heavy atom. The van der Waals surface area contributed by atoms with Crippen LogP contribution in [-0.4, -0.2) is 43.9 Å². The Hall–Kier alpha value is -2.41. The van der Waals surface area contributed by atoms with Gasteiger partial charge in [-0.2, -0.15) is 0 Å². The predicted molar refractivity (Wildman–Crippen MR) is 104 cm³/mol. The van der Waals surface area contributed by atoms with Crippen LogP contribution in [0, 0.1) is 13.8 Å². The van der Waals surface area contributed by atoms with E-state index in [1.807, 2.05) is 44.0 Å². The maximum absolute atomic E-state index is 12.5. The van der Waals surface area contributed by atoms with E-state index in [1.165, 1.54) is 6.20 Å². The van der Waals surface area contributed by atoms with Gasteiger partial charge in [0.15, 0.2) is 9.84 Å². The molecule has 26 heavy (non-hydrogen) atoms. The molecule has 1 aromatic carbocycles. The van der Waals surface area contributed by atoms with Crippen molar-refractivity contribution in [2.45, 2.75) is 26.3 Å². The van der Waals surface area contributed by atoms with Crippen LogP contribution in [0.2, 0.25) is 0 Å². The molecule has 7 heteroatoms. The third kappa shape index (κ3) is 3.88. The highest BCUT2D eigenvalue weighted by atomic mass is 32.2. The van der Waals surface area contributed by atoms with Crippen molar-refractivity contribution >= 4 is 27.2 Å². The van der Waals surface area contributed by atoms with Crippen molar-refractivity contribution in [2.75, 3.05) is 28.8 Å². The zero-order valence-electron chi connectivity index (χ0n) is 15.2. The zero-order chi connectivity index (χ0) is 18.9. The molecule has 1 aliphatic rings. The van der Waals surface area contributed by atoms with Gasteiger partial charge in [0.25, 0.3) is 5.91 Å². The van der Waals surface area contributed by atoms with Crippen LogP contribution >= 0.6 is 0 Å². The number of aromatic nitrogens is 1. The Labute approximate surface area is 154 Å². The minimum Gasteiger partial charge on any atom is -0.356 e. The van der Waals surface area contributed by atoms with Gasteiger partial charge in [-0.1, -0.05) is 12.1 Å². The van der Waals surface area contributed by atoms with Crippen LogP contribution in [0.15, 0.2) is 36.5 Å². The van der Waals surface area contributed by atoms with Gasteiger partial charge in [0.05, 0.1) is 17.1 Å². The second kappa shape index (κ2) is 7.07. The van der Waals surface area contributed by atoms with Crippen molar-refractivity contribution < 1.29 is 13.2 Å². The molecule has 138 valence electrons. The van der Waals surface area contributed by atoms with Gasteiger partial charge in [0, 0.05) is 25.0 Å². The zero-order valence-corrected chi connectivity index (χ0v) is 16.0. The largest absolute Gasteiger partial charge is 0.356 e. The first-order chi connectivity index (χ1) is 12.3. The van der Waals surface area contributed by atoms with Gasteiger partial charge < -0.3 is 10.2 Å². The third-order valence-electron chi connectivity index (χ3n) is 4.98. The quantitative estimate of drug-likeness (QED) is 0.891. The number of nitrogens with zero attached hydrogens (tertiary/aromatic N) is 2. The number of pyridine rings is 1. The predicted octanol–water partition coefficient (Wildman–Crippen LogP) is 2.57. The van der Waals surface area contributed by atoms with Crippen LogP contribution in [0.25, 0.3) is 0 Å². The summed E-state index contributed by atoms with van der Waals surface area (Å²) < 4.78 is 23.3. The minimum atomic E-state index is -2.95. The molecule has 1 saturated heterocycles. The van der Waals surface area contributed by atoms with E-state index in [-0.39, 0.29) is 23.5 Å². The highest BCUT2D eigenvalue weighted by Crippen LogP contribution is 2.22. The van der Waals surface area contributed by atoms with Crippen LogP contribution in [0.5, 0.6) is 0 Å². The average molecular weight is 373 g/mol. The third-order valence-corrected chi connectivity index (χ3v) is 6.73. The number of benzene rings is 1. The van der Waals surface area contributed by atoms with Gasteiger partial charge in [-0.05, 0) is 49.6 Å². The fraction of sp³-hybridized carbons (Fsp3) is 0.368. The van der Waals surface area contributed by atoms with Gasteiger partial charge in [-0.3, -0.25) is 4.79 Å². The molecule has 3 rings (SSSR count). The Balaban J connectivity index is 1.71. The van der Waals surface area contributed by atoms with Crippen molar-refractivity contribution in [1.82, 2.24) is 4.98 Å². The second-order valence-electron chi connectivity index (χ2n) is 6.77. The Bertz CT molecular complexity index is 924. The summed E-state index contributed by atoms with van der Waals surface area (Å²) in [7, 11) is -1.11. The fourth-order valence-corrected chi connectivity index (χ4v) is 4.85. The molecular weight excluding hydrogens is 350 g/mol. The summed E-state index contributed by atoms with van der Waals surface area (Å²) in [6, 6.07) is 9.17. The van der Waals surface area contributed by atoms with Gasteiger partial charge >= 0.3 is 0 Å². The number of rotatable bonds is 4. The SMILES string of the molecule is Cc1cccc(NC(=O)c2ccc(N(C)C3CCS(=O)(=O)C3)nc2)c1C. The van der Waals surface area contributed by atoms with Crippen LogP contribution in [-0.2, 0) is 9.84 Å². The summed E-state index contributed by atoms with van der Waals surface area (Å²) in [6.45, 7) is 3.97. The molecule has 0 bridgehead atoms. The lowest BCUT2D eigenvalue weighted by molar-refractivity contribution is 0.102. The maximum Gasteiger partial charge on any atom is 0.257 e. The van der Waals surface area contributed by atoms with Gasteiger partial charge in [0.1, 0.15) is 5.82 Å². The minimum absolute atomic E-state index is 0.0675. The number of hydrogen-bond acceptors (Lipinski definition) is 5. The van der Waals surface area contributed by atoms with E-state index in [2.05, 4.69) is 10.3 Å². The highest BCUT2D eigenvalue weighted by molar-refractivity contribution is 7.91. The van der Waals surface area contributed by atoms with Gasteiger partial charge in [0.2, 0.25) is 0 Å². The van der Waals surface area contributed by atoms with E-state index >= 15 is 0 Å². The number of nitrogens with one attached hydrogen (secondary N) is 1. The smallest absolute Gasteiger partial charge is 0.257 e. The molecule has 1 aromatic heterocycles. The normalized spacial score (nSPS) is 18.5. The summed E-state index contributed by atoms with van der Waals surface area (Å²) in [6.07, 6.45) is 2.13. The molecule has 1 unspecified atom stereocenters. The number of sulfone groups is 1. The fourth-order valence-electron chi connectivity index (χ4n) is 3.08. The first kappa shape index (κ1) is 18.4. The van der Waals surface area contributed by atoms with Crippen molar-refractivity contribution in [3.8, 4) is 0 Å². The molecule has 0 aliphatic carbocycles. The van der Waals surface area contributed by atoms with Crippen LogP contribution in [0.1, 0.15) is 27.9 Å². The molecule has 2 aromatic rings. The highest BCUT2D eigenvalue weighted by Gasteiger charge is 2.31. The summed E-state index contributed by atoms with van der Waals surface area (Å²) in [5, 5.41) is 2.91. The number of hydrogen-bond donors (Lipinski definition) is 1. The number of anilines is 2. The Morgan fingerprint density at radius 1 is 1.23 bits per heavy atom. The Morgan fingerprint density at radius 3 is 2.62 bits per heavy atom. The first-order valence-electron chi connectivity index (χ1n) is 8.54.